The Labute approximate surface area is 171 Å². The van der Waals surface area contributed by atoms with Gasteiger partial charge in [0, 0.05) is 44.7 Å². The molecule has 0 atom stereocenters. The number of halogens is 1. The smallest absolute Gasteiger partial charge is 0.305 e. The van der Waals surface area contributed by atoms with Gasteiger partial charge in [-0.2, -0.15) is 0 Å². The number of carbonyl (C=O) groups excluding carboxylic acids is 1. The fourth-order valence-corrected chi connectivity index (χ4v) is 2.61. The third kappa shape index (κ3) is 14.3. The summed E-state index contributed by atoms with van der Waals surface area (Å²) < 4.78 is 4.63. The Hall–Kier alpha value is -0.570. The van der Waals surface area contributed by atoms with E-state index >= 15 is 0 Å². The van der Waals surface area contributed by atoms with Crippen molar-refractivity contribution in [3.05, 3.63) is 0 Å². The van der Waals surface area contributed by atoms with E-state index in [0.29, 0.717) is 18.5 Å². The van der Waals surface area contributed by atoms with Crippen LogP contribution >= 0.6 is 24.0 Å². The van der Waals surface area contributed by atoms with E-state index in [9.17, 15) is 4.79 Å². The first-order chi connectivity index (χ1) is 11.4. The highest BCUT2D eigenvalue weighted by Crippen LogP contribution is 2.03. The number of methoxy groups -OCH3 is 1. The summed E-state index contributed by atoms with van der Waals surface area (Å²) in [5.41, 5.74) is 0. The van der Waals surface area contributed by atoms with Crippen molar-refractivity contribution >= 4 is 35.9 Å². The first-order valence-electron chi connectivity index (χ1n) is 9.27. The van der Waals surface area contributed by atoms with E-state index < -0.39 is 0 Å². The number of nitrogens with one attached hydrogen (secondary N) is 2. The average Bonchev–Trinajstić information content (AvgIpc) is 2.53. The summed E-state index contributed by atoms with van der Waals surface area (Å²) in [6.45, 7) is 14.5. The van der Waals surface area contributed by atoms with Gasteiger partial charge in [-0.05, 0) is 47.5 Å². The van der Waals surface area contributed by atoms with E-state index in [1.165, 1.54) is 7.11 Å². The molecule has 2 N–H and O–H groups in total. The Bertz CT molecular complexity index is 355. The predicted molar refractivity (Wildman–Crippen MR) is 117 cm³/mol. The maximum Gasteiger partial charge on any atom is 0.305 e. The highest BCUT2D eigenvalue weighted by Gasteiger charge is 2.12. The van der Waals surface area contributed by atoms with Crippen LogP contribution in [0.1, 0.15) is 60.3 Å². The molecule has 0 aromatic carbocycles. The van der Waals surface area contributed by atoms with Crippen LogP contribution in [0.5, 0.6) is 0 Å². The summed E-state index contributed by atoms with van der Waals surface area (Å²) in [5.74, 6) is 0.742. The van der Waals surface area contributed by atoms with E-state index in [-0.39, 0.29) is 29.9 Å². The molecule has 0 aliphatic rings. The Balaban J connectivity index is 0. The Morgan fingerprint density at radius 2 is 1.72 bits per heavy atom. The molecule has 150 valence electrons. The minimum Gasteiger partial charge on any atom is -0.469 e. The molecule has 0 bridgehead atoms. The van der Waals surface area contributed by atoms with Crippen LogP contribution in [-0.4, -0.2) is 62.2 Å². The number of esters is 1. The number of hydrogen-bond donors (Lipinski definition) is 2. The Morgan fingerprint density at radius 3 is 2.24 bits per heavy atom. The third-order valence-corrected chi connectivity index (χ3v) is 3.87. The summed E-state index contributed by atoms with van der Waals surface area (Å²) in [6.07, 6.45) is 3.34. The van der Waals surface area contributed by atoms with Crippen molar-refractivity contribution in [2.45, 2.75) is 72.4 Å². The number of rotatable bonds is 12. The van der Waals surface area contributed by atoms with Crippen molar-refractivity contribution in [1.29, 1.82) is 0 Å². The van der Waals surface area contributed by atoms with Gasteiger partial charge in [-0.1, -0.05) is 6.42 Å². The zero-order valence-corrected chi connectivity index (χ0v) is 19.3. The maximum atomic E-state index is 11.0. The number of hydrogen-bond acceptors (Lipinski definition) is 4. The molecular formula is C18H39IN4O2. The molecule has 7 heteroatoms. The molecule has 0 rings (SSSR count). The monoisotopic (exact) mass is 470 g/mol. The van der Waals surface area contributed by atoms with Gasteiger partial charge < -0.3 is 15.4 Å². The number of nitrogens with zero attached hydrogens (tertiary/aromatic N) is 2. The van der Waals surface area contributed by atoms with Gasteiger partial charge in [0.05, 0.1) is 7.11 Å². The zero-order valence-electron chi connectivity index (χ0n) is 16.9. The van der Waals surface area contributed by atoms with Gasteiger partial charge >= 0.3 is 5.97 Å². The Morgan fingerprint density at radius 1 is 1.08 bits per heavy atom. The fourth-order valence-electron chi connectivity index (χ4n) is 2.61. The van der Waals surface area contributed by atoms with Crippen LogP contribution in [0.4, 0.5) is 0 Å². The zero-order chi connectivity index (χ0) is 18.4. The van der Waals surface area contributed by atoms with E-state index in [1.54, 1.807) is 0 Å². The van der Waals surface area contributed by atoms with Crippen LogP contribution in [0.2, 0.25) is 0 Å². The van der Waals surface area contributed by atoms with Gasteiger partial charge in [0.15, 0.2) is 5.96 Å². The van der Waals surface area contributed by atoms with Gasteiger partial charge in [-0.25, -0.2) is 0 Å². The summed E-state index contributed by atoms with van der Waals surface area (Å²) in [5, 5.41) is 6.68. The predicted octanol–water partition coefficient (Wildman–Crippen LogP) is 3.01. The molecule has 0 saturated carbocycles. The topological polar surface area (TPSA) is 66.0 Å². The first-order valence-corrected chi connectivity index (χ1v) is 9.27. The molecule has 0 aromatic rings. The highest BCUT2D eigenvalue weighted by atomic mass is 127. The molecule has 25 heavy (non-hydrogen) atoms. The largest absolute Gasteiger partial charge is 0.469 e. The molecule has 0 unspecified atom stereocenters. The molecule has 0 aliphatic heterocycles. The number of carbonyl (C=O) groups is 1. The molecule has 0 aromatic heterocycles. The van der Waals surface area contributed by atoms with Crippen molar-refractivity contribution in [3.8, 4) is 0 Å². The lowest BCUT2D eigenvalue weighted by molar-refractivity contribution is -0.140. The van der Waals surface area contributed by atoms with Crippen molar-refractivity contribution in [3.63, 3.8) is 0 Å². The molecular weight excluding hydrogens is 431 g/mol. The van der Waals surface area contributed by atoms with E-state index in [4.69, 9.17) is 0 Å². The average molecular weight is 470 g/mol. The molecule has 0 radical (unpaired) electrons. The van der Waals surface area contributed by atoms with Crippen LogP contribution in [0, 0.1) is 0 Å². The number of unbranched alkanes of at least 4 members (excludes halogenated alkanes) is 2. The van der Waals surface area contributed by atoms with Gasteiger partial charge in [0.2, 0.25) is 0 Å². The second-order valence-corrected chi connectivity index (χ2v) is 6.50. The Kier molecular flexibility index (Phi) is 18.0. The highest BCUT2D eigenvalue weighted by molar-refractivity contribution is 14.0. The number of guanidine groups is 1. The number of aliphatic imine (C=N–C) groups is 1. The van der Waals surface area contributed by atoms with Gasteiger partial charge in [0.25, 0.3) is 0 Å². The summed E-state index contributed by atoms with van der Waals surface area (Å²) >= 11 is 0. The first kappa shape index (κ1) is 26.7. The van der Waals surface area contributed by atoms with Crippen LogP contribution in [0.3, 0.4) is 0 Å². The molecule has 0 aliphatic carbocycles. The minimum atomic E-state index is -0.131. The minimum absolute atomic E-state index is 0. The second-order valence-electron chi connectivity index (χ2n) is 6.50. The fraction of sp³-hybridized carbons (Fsp3) is 0.889. The second kappa shape index (κ2) is 16.9. The molecule has 0 spiro atoms. The van der Waals surface area contributed by atoms with Gasteiger partial charge in [0.1, 0.15) is 0 Å². The SMILES string of the molecule is CCNC(=NCCCCCC(=O)OC)NCCN(C(C)C)C(C)C.I. The lowest BCUT2D eigenvalue weighted by Crippen LogP contribution is -2.45. The summed E-state index contributed by atoms with van der Waals surface area (Å²) in [4.78, 5) is 18.1. The van der Waals surface area contributed by atoms with E-state index in [2.05, 4.69) is 59.9 Å². The normalized spacial score (nSPS) is 11.6. The van der Waals surface area contributed by atoms with Crippen molar-refractivity contribution in [2.24, 2.45) is 4.99 Å². The summed E-state index contributed by atoms with van der Waals surface area (Å²) in [7, 11) is 1.43. The van der Waals surface area contributed by atoms with Crippen LogP contribution < -0.4 is 10.6 Å². The van der Waals surface area contributed by atoms with Gasteiger partial charge in [-0.3, -0.25) is 14.7 Å². The molecule has 0 saturated heterocycles. The lowest BCUT2D eigenvalue weighted by atomic mass is 10.2. The van der Waals surface area contributed by atoms with Crippen LogP contribution in [0.15, 0.2) is 4.99 Å². The quantitative estimate of drug-likeness (QED) is 0.151. The molecule has 0 amide bonds. The molecule has 0 heterocycles. The van der Waals surface area contributed by atoms with E-state index in [1.807, 2.05) is 0 Å². The number of ether oxygens (including phenoxy) is 1. The summed E-state index contributed by atoms with van der Waals surface area (Å²) in [6, 6.07) is 1.09. The van der Waals surface area contributed by atoms with E-state index in [0.717, 1.165) is 51.4 Å². The van der Waals surface area contributed by atoms with Crippen LogP contribution in [0.25, 0.3) is 0 Å². The van der Waals surface area contributed by atoms with Crippen LogP contribution in [-0.2, 0) is 9.53 Å². The van der Waals surface area contributed by atoms with Gasteiger partial charge in [-0.15, -0.1) is 24.0 Å². The standard InChI is InChI=1S/C18H38N4O2.HI/c1-7-19-18(20-12-10-8-9-11-17(23)24-6)21-13-14-22(15(2)3)16(4)5;/h15-16H,7-14H2,1-6H3,(H2,19,20,21);1H. The third-order valence-electron chi connectivity index (χ3n) is 3.87. The van der Waals surface area contributed by atoms with Crippen molar-refractivity contribution in [1.82, 2.24) is 15.5 Å². The van der Waals surface area contributed by atoms with Crippen molar-refractivity contribution < 1.29 is 9.53 Å². The van der Waals surface area contributed by atoms with Crippen molar-refractivity contribution in [2.75, 3.05) is 33.3 Å². The lowest BCUT2D eigenvalue weighted by Gasteiger charge is -2.30. The maximum absolute atomic E-state index is 11.0. The molecule has 6 nitrogen and oxygen atoms in total. The molecule has 0 fully saturated rings.